The number of H-pyrrole nitrogens is 2. The lowest BCUT2D eigenvalue weighted by Gasteiger charge is -2.02. The van der Waals surface area contributed by atoms with Gasteiger partial charge in [-0.2, -0.15) is 5.10 Å². The molecule has 6 aromatic rings. The van der Waals surface area contributed by atoms with Crippen molar-refractivity contribution in [2.45, 2.75) is 0 Å². The summed E-state index contributed by atoms with van der Waals surface area (Å²) in [6.45, 7) is 0. The Balaban J connectivity index is 1.52. The fourth-order valence-corrected chi connectivity index (χ4v) is 4.23. The van der Waals surface area contributed by atoms with Crippen LogP contribution < -0.4 is 0 Å². The van der Waals surface area contributed by atoms with Gasteiger partial charge in [0.05, 0.1) is 11.6 Å². The zero-order valence-corrected chi connectivity index (χ0v) is 16.2. The SMILES string of the molecule is Oc1cncc(-c2cnc3[nH]nc(-c4nc5c(-c6cccs6)ccnc5[nH]4)c3c2)c1. The third kappa shape index (κ3) is 2.64. The molecule has 0 bridgehead atoms. The maximum Gasteiger partial charge on any atom is 0.161 e. The maximum absolute atomic E-state index is 9.74. The van der Waals surface area contributed by atoms with E-state index in [0.29, 0.717) is 22.8 Å². The van der Waals surface area contributed by atoms with Crippen molar-refractivity contribution < 1.29 is 5.11 Å². The van der Waals surface area contributed by atoms with Crippen LogP contribution in [0.5, 0.6) is 5.75 Å². The lowest BCUT2D eigenvalue weighted by Crippen LogP contribution is -1.85. The molecule has 0 aliphatic carbocycles. The summed E-state index contributed by atoms with van der Waals surface area (Å²) in [4.78, 5) is 22.2. The van der Waals surface area contributed by atoms with Crippen molar-refractivity contribution in [3.8, 4) is 38.8 Å². The predicted molar refractivity (Wildman–Crippen MR) is 115 cm³/mol. The van der Waals surface area contributed by atoms with Gasteiger partial charge in [-0.05, 0) is 29.6 Å². The number of hydrogen-bond acceptors (Lipinski definition) is 7. The minimum absolute atomic E-state index is 0.101. The van der Waals surface area contributed by atoms with Gasteiger partial charge < -0.3 is 10.1 Å². The van der Waals surface area contributed by atoms with Gasteiger partial charge in [-0.3, -0.25) is 10.1 Å². The highest BCUT2D eigenvalue weighted by atomic mass is 32.1. The van der Waals surface area contributed by atoms with Crippen LogP contribution in [-0.2, 0) is 0 Å². The number of aromatic hydroxyl groups is 1. The molecule has 9 heteroatoms. The molecule has 6 aromatic heterocycles. The molecule has 144 valence electrons. The van der Waals surface area contributed by atoms with E-state index in [0.717, 1.165) is 32.5 Å². The Labute approximate surface area is 173 Å². The topological polar surface area (TPSA) is 116 Å². The first-order valence-electron chi connectivity index (χ1n) is 9.14. The zero-order chi connectivity index (χ0) is 20.1. The van der Waals surface area contributed by atoms with Gasteiger partial charge in [0.15, 0.2) is 17.1 Å². The van der Waals surface area contributed by atoms with Gasteiger partial charge in [-0.25, -0.2) is 15.0 Å². The minimum Gasteiger partial charge on any atom is -0.506 e. The van der Waals surface area contributed by atoms with E-state index < -0.39 is 0 Å². The first kappa shape index (κ1) is 16.8. The first-order valence-corrected chi connectivity index (χ1v) is 10.0. The number of hydrogen-bond donors (Lipinski definition) is 3. The Bertz CT molecular complexity index is 1520. The molecule has 0 atom stereocenters. The largest absolute Gasteiger partial charge is 0.506 e. The van der Waals surface area contributed by atoms with E-state index in [4.69, 9.17) is 4.98 Å². The summed E-state index contributed by atoms with van der Waals surface area (Å²) in [6.07, 6.45) is 6.57. The second-order valence-corrected chi connectivity index (χ2v) is 7.69. The number of aromatic nitrogens is 7. The van der Waals surface area contributed by atoms with Crippen LogP contribution in [-0.4, -0.2) is 40.2 Å². The highest BCUT2D eigenvalue weighted by Gasteiger charge is 2.17. The molecule has 0 amide bonds. The summed E-state index contributed by atoms with van der Waals surface area (Å²) in [5.41, 5.74) is 5.42. The summed E-state index contributed by atoms with van der Waals surface area (Å²) < 4.78 is 0. The van der Waals surface area contributed by atoms with Crippen LogP contribution in [0.4, 0.5) is 0 Å². The Morgan fingerprint density at radius 1 is 0.967 bits per heavy atom. The third-order valence-corrected chi connectivity index (χ3v) is 5.77. The molecule has 0 saturated heterocycles. The van der Waals surface area contributed by atoms with E-state index in [2.05, 4.69) is 36.2 Å². The number of nitrogens with zero attached hydrogens (tertiary/aromatic N) is 5. The zero-order valence-electron chi connectivity index (χ0n) is 15.4. The van der Waals surface area contributed by atoms with Crippen LogP contribution >= 0.6 is 11.3 Å². The Hall–Kier alpha value is -4.11. The van der Waals surface area contributed by atoms with Gasteiger partial charge in [0.2, 0.25) is 0 Å². The molecule has 0 aliphatic rings. The monoisotopic (exact) mass is 411 g/mol. The lowest BCUT2D eigenvalue weighted by atomic mass is 10.1. The van der Waals surface area contributed by atoms with Crippen molar-refractivity contribution in [2.24, 2.45) is 0 Å². The van der Waals surface area contributed by atoms with E-state index in [-0.39, 0.29) is 5.75 Å². The van der Waals surface area contributed by atoms with Crippen LogP contribution in [0.2, 0.25) is 0 Å². The quantitative estimate of drug-likeness (QED) is 0.398. The summed E-state index contributed by atoms with van der Waals surface area (Å²) in [5, 5.41) is 20.0. The van der Waals surface area contributed by atoms with E-state index in [1.54, 1.807) is 36.0 Å². The second kappa shape index (κ2) is 6.46. The van der Waals surface area contributed by atoms with Crippen molar-refractivity contribution >= 4 is 33.5 Å². The highest BCUT2D eigenvalue weighted by Crippen LogP contribution is 2.33. The standard InChI is InChI=1S/C21H13N7OS/c29-13-6-11(8-22-10-13)12-7-15-18(27-28-19(15)24-9-12)21-25-17-14(16-2-1-5-30-16)3-4-23-20(17)26-21/h1-10,29H,(H,23,25,26)(H,24,27,28). The lowest BCUT2D eigenvalue weighted by molar-refractivity contribution is 0.473. The van der Waals surface area contributed by atoms with Gasteiger partial charge >= 0.3 is 0 Å². The van der Waals surface area contributed by atoms with Gasteiger partial charge in [0.1, 0.15) is 17.0 Å². The molecule has 0 spiro atoms. The summed E-state index contributed by atoms with van der Waals surface area (Å²) in [5.74, 6) is 0.713. The van der Waals surface area contributed by atoms with E-state index >= 15 is 0 Å². The highest BCUT2D eigenvalue weighted by molar-refractivity contribution is 7.13. The number of rotatable bonds is 3. The average molecular weight is 411 g/mol. The van der Waals surface area contributed by atoms with E-state index in [1.807, 2.05) is 23.6 Å². The van der Waals surface area contributed by atoms with Crippen molar-refractivity contribution in [2.75, 3.05) is 0 Å². The molecule has 0 radical (unpaired) electrons. The summed E-state index contributed by atoms with van der Waals surface area (Å²) in [6, 6.07) is 9.66. The molecule has 0 unspecified atom stereocenters. The summed E-state index contributed by atoms with van der Waals surface area (Å²) in [7, 11) is 0. The molecule has 6 heterocycles. The van der Waals surface area contributed by atoms with Crippen molar-refractivity contribution in [1.82, 2.24) is 35.1 Å². The van der Waals surface area contributed by atoms with Gasteiger partial charge in [-0.1, -0.05) is 6.07 Å². The third-order valence-electron chi connectivity index (χ3n) is 4.87. The Kier molecular flexibility index (Phi) is 3.62. The molecule has 6 rings (SSSR count). The maximum atomic E-state index is 9.74. The van der Waals surface area contributed by atoms with E-state index in [9.17, 15) is 5.11 Å². The predicted octanol–water partition coefficient (Wildman–Crippen LogP) is 4.39. The molecule has 0 aromatic carbocycles. The second-order valence-electron chi connectivity index (χ2n) is 6.74. The summed E-state index contributed by atoms with van der Waals surface area (Å²) >= 11 is 1.66. The molecule has 0 saturated carbocycles. The number of pyridine rings is 3. The first-order chi connectivity index (χ1) is 14.8. The average Bonchev–Trinajstić information content (AvgIpc) is 3.51. The molecular formula is C21H13N7OS. The molecule has 30 heavy (non-hydrogen) atoms. The van der Waals surface area contributed by atoms with Crippen LogP contribution in [0.25, 0.3) is 55.3 Å². The van der Waals surface area contributed by atoms with Crippen LogP contribution in [0.3, 0.4) is 0 Å². The molecule has 3 N–H and O–H groups in total. The number of imidazole rings is 1. The fourth-order valence-electron chi connectivity index (χ4n) is 3.48. The Morgan fingerprint density at radius 3 is 2.77 bits per heavy atom. The number of nitrogens with one attached hydrogen (secondary N) is 2. The molecular weight excluding hydrogens is 398 g/mol. The van der Waals surface area contributed by atoms with Crippen molar-refractivity contribution in [1.29, 1.82) is 0 Å². The van der Waals surface area contributed by atoms with Gasteiger partial charge in [0, 0.05) is 40.2 Å². The smallest absolute Gasteiger partial charge is 0.161 e. The van der Waals surface area contributed by atoms with Gasteiger partial charge in [-0.15, -0.1) is 11.3 Å². The van der Waals surface area contributed by atoms with Gasteiger partial charge in [0.25, 0.3) is 0 Å². The molecule has 0 fully saturated rings. The van der Waals surface area contributed by atoms with Crippen LogP contribution in [0.1, 0.15) is 0 Å². The number of thiophene rings is 1. The Morgan fingerprint density at radius 2 is 1.90 bits per heavy atom. The van der Waals surface area contributed by atoms with E-state index in [1.165, 1.54) is 6.20 Å². The molecule has 8 nitrogen and oxygen atoms in total. The number of aromatic amines is 2. The fraction of sp³-hybridized carbons (Fsp3) is 0. The molecule has 0 aliphatic heterocycles. The van der Waals surface area contributed by atoms with Crippen molar-refractivity contribution in [3.63, 3.8) is 0 Å². The number of fused-ring (bicyclic) bond motifs is 2. The minimum atomic E-state index is 0.101. The normalized spacial score (nSPS) is 11.5. The van der Waals surface area contributed by atoms with Crippen molar-refractivity contribution in [3.05, 3.63) is 60.5 Å². The van der Waals surface area contributed by atoms with Crippen LogP contribution in [0.15, 0.2) is 60.5 Å². The van der Waals surface area contributed by atoms with Crippen LogP contribution in [0, 0.1) is 0 Å².